The summed E-state index contributed by atoms with van der Waals surface area (Å²) in [4.78, 5) is 19.0. The van der Waals surface area contributed by atoms with Crippen LogP contribution in [-0.4, -0.2) is 14.9 Å². The summed E-state index contributed by atoms with van der Waals surface area (Å²) in [6.45, 7) is 5.99. The van der Waals surface area contributed by atoms with Crippen molar-refractivity contribution in [3.05, 3.63) is 0 Å². The maximum atomic E-state index is 11.6. The topological polar surface area (TPSA) is 57.5 Å². The molecule has 0 fully saturated rings. The Kier molecular flexibility index (Phi) is 9.19. The van der Waals surface area contributed by atoms with E-state index in [2.05, 4.69) is 6.92 Å². The highest BCUT2D eigenvalue weighted by Crippen LogP contribution is 2.57. The minimum absolute atomic E-state index is 0.573. The van der Waals surface area contributed by atoms with Crippen LogP contribution in [0.25, 0.3) is 0 Å². The molecule has 0 aliphatic carbocycles. The number of hydrogen-bond donors (Lipinski definition) is 2. The van der Waals surface area contributed by atoms with E-state index in [-0.39, 0.29) is 0 Å². The van der Waals surface area contributed by atoms with Crippen LogP contribution in [0.1, 0.15) is 85.0 Å². The summed E-state index contributed by atoms with van der Waals surface area (Å²) in [7, 11) is -3.97. The lowest BCUT2D eigenvalue weighted by molar-refractivity contribution is 0.300. The molecule has 0 saturated carbocycles. The van der Waals surface area contributed by atoms with Crippen LogP contribution in [-0.2, 0) is 4.57 Å². The van der Waals surface area contributed by atoms with Crippen LogP contribution in [0.15, 0.2) is 0 Å². The molecule has 0 spiro atoms. The van der Waals surface area contributed by atoms with Crippen LogP contribution in [0.3, 0.4) is 0 Å². The number of hydrogen-bond acceptors (Lipinski definition) is 1. The smallest absolute Gasteiger partial charge is 0.324 e. The normalized spacial score (nSPS) is 12.9. The second kappa shape index (κ2) is 9.12. The van der Waals surface area contributed by atoms with Gasteiger partial charge in [0.15, 0.2) is 0 Å². The summed E-state index contributed by atoms with van der Waals surface area (Å²) in [5.41, 5.74) is 0. The molecule has 4 heteroatoms. The van der Waals surface area contributed by atoms with Crippen LogP contribution < -0.4 is 0 Å². The van der Waals surface area contributed by atoms with Gasteiger partial charge in [0.05, 0.1) is 5.16 Å². The number of unbranched alkanes of at least 4 members (excludes halogenated alkanes) is 6. The summed E-state index contributed by atoms with van der Waals surface area (Å²) in [6.07, 6.45) is 10.2. The van der Waals surface area contributed by atoms with Crippen molar-refractivity contribution in [1.82, 2.24) is 0 Å². The standard InChI is InChI=1S/C14H31O3P/c1-4-7-8-9-10-11-12-13-14(5-2,6-3)18(15,16)17/h4-13H2,1-3H3,(H2,15,16,17). The molecule has 0 radical (unpaired) electrons. The van der Waals surface area contributed by atoms with E-state index < -0.39 is 12.8 Å². The Morgan fingerprint density at radius 3 is 1.67 bits per heavy atom. The fourth-order valence-corrected chi connectivity index (χ4v) is 3.85. The van der Waals surface area contributed by atoms with Gasteiger partial charge in [-0.3, -0.25) is 4.57 Å². The summed E-state index contributed by atoms with van der Waals surface area (Å²) in [5.74, 6) is 0. The Hall–Kier alpha value is 0.150. The van der Waals surface area contributed by atoms with Crippen LogP contribution >= 0.6 is 7.60 Å². The Balaban J connectivity index is 3.96. The maximum Gasteiger partial charge on any atom is 0.331 e. The molecule has 0 heterocycles. The molecule has 0 atom stereocenters. The Labute approximate surface area is 113 Å². The highest BCUT2D eigenvalue weighted by molar-refractivity contribution is 7.53. The van der Waals surface area contributed by atoms with E-state index in [1.165, 1.54) is 32.1 Å². The van der Waals surface area contributed by atoms with Crippen molar-refractivity contribution in [1.29, 1.82) is 0 Å². The average Bonchev–Trinajstić information content (AvgIpc) is 2.32. The molecule has 3 nitrogen and oxygen atoms in total. The van der Waals surface area contributed by atoms with Crippen molar-refractivity contribution in [2.45, 2.75) is 90.1 Å². The quantitative estimate of drug-likeness (QED) is 0.419. The SMILES string of the molecule is CCCCCCCCCC(CC)(CC)P(=O)(O)O. The van der Waals surface area contributed by atoms with E-state index in [0.717, 1.165) is 12.8 Å². The molecule has 0 aromatic carbocycles. The van der Waals surface area contributed by atoms with Crippen molar-refractivity contribution >= 4 is 7.60 Å². The first kappa shape index (κ1) is 18.1. The Morgan fingerprint density at radius 1 is 0.833 bits per heavy atom. The molecule has 0 saturated heterocycles. The first-order chi connectivity index (χ1) is 8.43. The van der Waals surface area contributed by atoms with Gasteiger partial charge in [-0.15, -0.1) is 0 Å². The third-order valence-electron chi connectivity index (χ3n) is 4.18. The predicted octanol–water partition coefficient (Wildman–Crippen LogP) is 4.86. The second-order valence-electron chi connectivity index (χ2n) is 5.35. The highest BCUT2D eigenvalue weighted by atomic mass is 31.2. The molecule has 110 valence electrons. The summed E-state index contributed by atoms with van der Waals surface area (Å²) >= 11 is 0. The largest absolute Gasteiger partial charge is 0.331 e. The van der Waals surface area contributed by atoms with E-state index in [1.54, 1.807) is 0 Å². The Morgan fingerprint density at radius 2 is 1.28 bits per heavy atom. The molecular weight excluding hydrogens is 247 g/mol. The van der Waals surface area contributed by atoms with Crippen molar-refractivity contribution in [3.8, 4) is 0 Å². The number of rotatable bonds is 11. The van der Waals surface area contributed by atoms with Gasteiger partial charge in [-0.2, -0.15) is 0 Å². The van der Waals surface area contributed by atoms with E-state index >= 15 is 0 Å². The van der Waals surface area contributed by atoms with Gasteiger partial charge >= 0.3 is 7.60 Å². The van der Waals surface area contributed by atoms with Gasteiger partial charge in [-0.1, -0.05) is 65.7 Å². The molecular formula is C14H31O3P. The molecule has 2 N–H and O–H groups in total. The molecule has 18 heavy (non-hydrogen) atoms. The van der Waals surface area contributed by atoms with E-state index in [0.29, 0.717) is 19.3 Å². The minimum atomic E-state index is -3.97. The first-order valence-electron chi connectivity index (χ1n) is 7.49. The lowest BCUT2D eigenvalue weighted by Crippen LogP contribution is -2.27. The van der Waals surface area contributed by atoms with Gasteiger partial charge in [0.2, 0.25) is 0 Å². The maximum absolute atomic E-state index is 11.6. The van der Waals surface area contributed by atoms with E-state index in [4.69, 9.17) is 0 Å². The van der Waals surface area contributed by atoms with Crippen LogP contribution in [0.2, 0.25) is 0 Å². The third kappa shape index (κ3) is 5.86. The van der Waals surface area contributed by atoms with Crippen LogP contribution in [0.5, 0.6) is 0 Å². The van der Waals surface area contributed by atoms with Crippen molar-refractivity contribution in [2.24, 2.45) is 0 Å². The van der Waals surface area contributed by atoms with Gasteiger partial charge < -0.3 is 9.79 Å². The molecule has 0 aromatic rings. The van der Waals surface area contributed by atoms with Gasteiger partial charge in [0, 0.05) is 0 Å². The van der Waals surface area contributed by atoms with Gasteiger partial charge in [-0.05, 0) is 19.3 Å². The summed E-state index contributed by atoms with van der Waals surface area (Å²) in [6, 6.07) is 0. The summed E-state index contributed by atoms with van der Waals surface area (Å²) < 4.78 is 11.6. The zero-order valence-electron chi connectivity index (χ0n) is 12.3. The monoisotopic (exact) mass is 278 g/mol. The fourth-order valence-electron chi connectivity index (χ4n) is 2.57. The first-order valence-corrected chi connectivity index (χ1v) is 9.10. The molecule has 0 unspecified atom stereocenters. The highest BCUT2D eigenvalue weighted by Gasteiger charge is 2.42. The van der Waals surface area contributed by atoms with Crippen molar-refractivity contribution in [3.63, 3.8) is 0 Å². The molecule has 0 aliphatic heterocycles. The molecule has 0 aromatic heterocycles. The van der Waals surface area contributed by atoms with Gasteiger partial charge in [-0.25, -0.2) is 0 Å². The second-order valence-corrected chi connectivity index (χ2v) is 7.38. The Bertz CT molecular complexity index is 243. The molecule has 0 amide bonds. The van der Waals surface area contributed by atoms with Crippen molar-refractivity contribution < 1.29 is 14.4 Å². The average molecular weight is 278 g/mol. The predicted molar refractivity (Wildman–Crippen MR) is 78.0 cm³/mol. The lowest BCUT2D eigenvalue weighted by atomic mass is 9.94. The minimum Gasteiger partial charge on any atom is -0.324 e. The molecule has 0 aliphatic rings. The summed E-state index contributed by atoms with van der Waals surface area (Å²) in [5, 5.41) is -0.767. The zero-order valence-corrected chi connectivity index (χ0v) is 13.2. The fraction of sp³-hybridized carbons (Fsp3) is 1.00. The van der Waals surface area contributed by atoms with Crippen LogP contribution in [0, 0.1) is 0 Å². The zero-order chi connectivity index (χ0) is 14.1. The van der Waals surface area contributed by atoms with Crippen molar-refractivity contribution in [2.75, 3.05) is 0 Å². The van der Waals surface area contributed by atoms with Crippen LogP contribution in [0.4, 0.5) is 0 Å². The van der Waals surface area contributed by atoms with Gasteiger partial charge in [0.1, 0.15) is 0 Å². The lowest BCUT2D eigenvalue weighted by Gasteiger charge is -2.32. The molecule has 0 rings (SSSR count). The van der Waals surface area contributed by atoms with E-state index in [1.807, 2.05) is 13.8 Å². The molecule has 0 bridgehead atoms. The third-order valence-corrected chi connectivity index (χ3v) is 6.27. The van der Waals surface area contributed by atoms with Gasteiger partial charge in [0.25, 0.3) is 0 Å². The van der Waals surface area contributed by atoms with E-state index in [9.17, 15) is 14.4 Å².